The van der Waals surface area contributed by atoms with Gasteiger partial charge < -0.3 is 10.1 Å². The first kappa shape index (κ1) is 12.1. The van der Waals surface area contributed by atoms with E-state index in [2.05, 4.69) is 24.1 Å². The Labute approximate surface area is 91.9 Å². The molecular formula is C12H20N2O. The van der Waals surface area contributed by atoms with Gasteiger partial charge in [0, 0.05) is 32.2 Å². The van der Waals surface area contributed by atoms with Gasteiger partial charge in [0.05, 0.1) is 0 Å². The van der Waals surface area contributed by atoms with Crippen LogP contribution in [0.2, 0.25) is 0 Å². The molecule has 1 heterocycles. The third-order valence-corrected chi connectivity index (χ3v) is 2.52. The fraction of sp³-hybridized carbons (Fsp3) is 0.583. The van der Waals surface area contributed by atoms with Crippen LogP contribution in [0.1, 0.15) is 30.5 Å². The second-order valence-corrected chi connectivity index (χ2v) is 3.62. The summed E-state index contributed by atoms with van der Waals surface area (Å²) >= 11 is 0. The summed E-state index contributed by atoms with van der Waals surface area (Å²) in [6.45, 7) is 5.97. The van der Waals surface area contributed by atoms with Gasteiger partial charge in [0.2, 0.25) is 0 Å². The average molecular weight is 208 g/mol. The summed E-state index contributed by atoms with van der Waals surface area (Å²) < 4.78 is 5.12. The van der Waals surface area contributed by atoms with E-state index in [1.165, 1.54) is 11.1 Å². The van der Waals surface area contributed by atoms with Gasteiger partial charge in [0.15, 0.2) is 0 Å². The van der Waals surface area contributed by atoms with E-state index in [0.29, 0.717) is 6.04 Å². The lowest BCUT2D eigenvalue weighted by atomic mass is 10.0. The molecule has 0 amide bonds. The molecule has 1 N–H and O–H groups in total. The van der Waals surface area contributed by atoms with Crippen molar-refractivity contribution < 1.29 is 4.74 Å². The highest BCUT2D eigenvalue weighted by molar-refractivity contribution is 5.24. The molecule has 3 heteroatoms. The van der Waals surface area contributed by atoms with E-state index in [0.717, 1.165) is 19.6 Å². The van der Waals surface area contributed by atoms with Crippen LogP contribution in [0.5, 0.6) is 0 Å². The third kappa shape index (κ3) is 3.61. The maximum Gasteiger partial charge on any atom is 0.0480 e. The molecule has 84 valence electrons. The summed E-state index contributed by atoms with van der Waals surface area (Å²) in [7, 11) is 1.74. The lowest BCUT2D eigenvalue weighted by Gasteiger charge is -2.19. The molecule has 15 heavy (non-hydrogen) atoms. The zero-order chi connectivity index (χ0) is 11.1. The number of rotatable bonds is 6. The Morgan fingerprint density at radius 3 is 2.93 bits per heavy atom. The Hall–Kier alpha value is -0.930. The van der Waals surface area contributed by atoms with Crippen LogP contribution in [-0.4, -0.2) is 25.2 Å². The summed E-state index contributed by atoms with van der Waals surface area (Å²) in [5.74, 6) is 0. The Balaban J connectivity index is 2.74. The molecule has 0 aliphatic rings. The van der Waals surface area contributed by atoms with Crippen molar-refractivity contribution in [1.29, 1.82) is 0 Å². The minimum atomic E-state index is 0.351. The van der Waals surface area contributed by atoms with E-state index >= 15 is 0 Å². The molecule has 1 rings (SSSR count). The largest absolute Gasteiger partial charge is 0.385 e. The predicted octanol–water partition coefficient (Wildman–Crippen LogP) is 2.08. The molecule has 0 saturated carbocycles. The maximum atomic E-state index is 5.12. The smallest absolute Gasteiger partial charge is 0.0480 e. The van der Waals surface area contributed by atoms with Crippen LogP contribution in [-0.2, 0) is 4.74 Å². The summed E-state index contributed by atoms with van der Waals surface area (Å²) in [5, 5.41) is 3.45. The Morgan fingerprint density at radius 1 is 1.53 bits per heavy atom. The van der Waals surface area contributed by atoms with E-state index < -0.39 is 0 Å². The zero-order valence-corrected chi connectivity index (χ0v) is 9.79. The standard InChI is InChI=1S/C12H20N2O/c1-4-14-12(6-8-15-3)11-9-13-7-5-10(11)2/h5,7,9,12,14H,4,6,8H2,1-3H3. The molecule has 1 atom stereocenters. The van der Waals surface area contributed by atoms with E-state index in [-0.39, 0.29) is 0 Å². The number of ether oxygens (including phenoxy) is 1. The third-order valence-electron chi connectivity index (χ3n) is 2.52. The molecular weight excluding hydrogens is 188 g/mol. The average Bonchev–Trinajstić information content (AvgIpc) is 2.25. The first-order chi connectivity index (χ1) is 7.29. The molecule has 1 aromatic rings. The highest BCUT2D eigenvalue weighted by Gasteiger charge is 2.11. The van der Waals surface area contributed by atoms with Crippen molar-refractivity contribution in [3.8, 4) is 0 Å². The molecule has 0 aromatic carbocycles. The quantitative estimate of drug-likeness (QED) is 0.777. The van der Waals surface area contributed by atoms with Crippen LogP contribution in [0.3, 0.4) is 0 Å². The molecule has 0 bridgehead atoms. The number of aryl methyl sites for hydroxylation is 1. The van der Waals surface area contributed by atoms with Crippen molar-refractivity contribution in [3.05, 3.63) is 29.6 Å². The highest BCUT2D eigenvalue weighted by Crippen LogP contribution is 2.19. The van der Waals surface area contributed by atoms with E-state index in [9.17, 15) is 0 Å². The van der Waals surface area contributed by atoms with Gasteiger partial charge in [-0.05, 0) is 37.1 Å². The van der Waals surface area contributed by atoms with Gasteiger partial charge in [-0.2, -0.15) is 0 Å². The first-order valence-electron chi connectivity index (χ1n) is 5.42. The van der Waals surface area contributed by atoms with Crippen LogP contribution < -0.4 is 5.32 Å². The molecule has 0 spiro atoms. The van der Waals surface area contributed by atoms with Crippen LogP contribution in [0.15, 0.2) is 18.5 Å². The van der Waals surface area contributed by atoms with Crippen molar-refractivity contribution in [3.63, 3.8) is 0 Å². The van der Waals surface area contributed by atoms with Gasteiger partial charge >= 0.3 is 0 Å². The van der Waals surface area contributed by atoms with Crippen molar-refractivity contribution >= 4 is 0 Å². The van der Waals surface area contributed by atoms with Crippen LogP contribution in [0, 0.1) is 6.92 Å². The van der Waals surface area contributed by atoms with Crippen molar-refractivity contribution in [2.45, 2.75) is 26.3 Å². The van der Waals surface area contributed by atoms with Crippen molar-refractivity contribution in [2.75, 3.05) is 20.3 Å². The minimum absolute atomic E-state index is 0.351. The Bertz CT molecular complexity index is 289. The fourth-order valence-electron chi connectivity index (χ4n) is 1.69. The number of aromatic nitrogens is 1. The zero-order valence-electron chi connectivity index (χ0n) is 9.79. The lowest BCUT2D eigenvalue weighted by Crippen LogP contribution is -2.23. The number of methoxy groups -OCH3 is 1. The summed E-state index contributed by atoms with van der Waals surface area (Å²) in [4.78, 5) is 4.18. The van der Waals surface area contributed by atoms with Gasteiger partial charge in [-0.3, -0.25) is 4.98 Å². The Morgan fingerprint density at radius 2 is 2.33 bits per heavy atom. The monoisotopic (exact) mass is 208 g/mol. The van der Waals surface area contributed by atoms with E-state index in [4.69, 9.17) is 4.74 Å². The maximum absolute atomic E-state index is 5.12. The molecule has 0 saturated heterocycles. The first-order valence-corrected chi connectivity index (χ1v) is 5.42. The van der Waals surface area contributed by atoms with Gasteiger partial charge in [-0.15, -0.1) is 0 Å². The van der Waals surface area contributed by atoms with Crippen molar-refractivity contribution in [2.24, 2.45) is 0 Å². The molecule has 0 aliphatic heterocycles. The fourth-order valence-corrected chi connectivity index (χ4v) is 1.69. The number of pyridine rings is 1. The van der Waals surface area contributed by atoms with Gasteiger partial charge in [0.25, 0.3) is 0 Å². The molecule has 1 aromatic heterocycles. The van der Waals surface area contributed by atoms with Crippen LogP contribution in [0.25, 0.3) is 0 Å². The number of hydrogen-bond acceptors (Lipinski definition) is 3. The van der Waals surface area contributed by atoms with Crippen molar-refractivity contribution in [1.82, 2.24) is 10.3 Å². The second-order valence-electron chi connectivity index (χ2n) is 3.62. The summed E-state index contributed by atoms with van der Waals surface area (Å²) in [6, 6.07) is 2.40. The molecule has 0 radical (unpaired) electrons. The van der Waals surface area contributed by atoms with Crippen LogP contribution >= 0.6 is 0 Å². The molecule has 3 nitrogen and oxygen atoms in total. The summed E-state index contributed by atoms with van der Waals surface area (Å²) in [6.07, 6.45) is 4.76. The van der Waals surface area contributed by atoms with E-state index in [1.807, 2.05) is 18.5 Å². The molecule has 0 fully saturated rings. The second kappa shape index (κ2) is 6.53. The van der Waals surface area contributed by atoms with Gasteiger partial charge in [-0.1, -0.05) is 6.92 Å². The van der Waals surface area contributed by atoms with Gasteiger partial charge in [-0.25, -0.2) is 0 Å². The van der Waals surface area contributed by atoms with E-state index in [1.54, 1.807) is 7.11 Å². The predicted molar refractivity (Wildman–Crippen MR) is 61.9 cm³/mol. The van der Waals surface area contributed by atoms with Gasteiger partial charge in [0.1, 0.15) is 0 Å². The number of nitrogens with zero attached hydrogens (tertiary/aromatic N) is 1. The lowest BCUT2D eigenvalue weighted by molar-refractivity contribution is 0.183. The molecule has 1 unspecified atom stereocenters. The number of nitrogens with one attached hydrogen (secondary N) is 1. The highest BCUT2D eigenvalue weighted by atomic mass is 16.5. The topological polar surface area (TPSA) is 34.1 Å². The SMILES string of the molecule is CCNC(CCOC)c1cnccc1C. The Kier molecular flexibility index (Phi) is 5.29. The van der Waals surface area contributed by atoms with Crippen LogP contribution in [0.4, 0.5) is 0 Å². The minimum Gasteiger partial charge on any atom is -0.385 e. The number of hydrogen-bond donors (Lipinski definition) is 1. The normalized spacial score (nSPS) is 12.7. The molecule has 0 aliphatic carbocycles. The summed E-state index contributed by atoms with van der Waals surface area (Å²) in [5.41, 5.74) is 2.56.